The molecule has 0 radical (unpaired) electrons. The molecule has 0 N–H and O–H groups in total. The third-order valence-electron chi connectivity index (χ3n) is 1.61. The molecule has 0 amide bonds. The third-order valence-corrected chi connectivity index (χ3v) is 2.49. The van der Waals surface area contributed by atoms with Crippen LogP contribution in [-0.2, 0) is 31.0 Å². The number of hydrogen-bond donors (Lipinski definition) is 0. The predicted octanol–water partition coefficient (Wildman–Crippen LogP) is 3.03. The Morgan fingerprint density at radius 3 is 1.84 bits per heavy atom. The van der Waals surface area contributed by atoms with Gasteiger partial charge in [0.05, 0.1) is 0 Å². The van der Waals surface area contributed by atoms with Crippen molar-refractivity contribution in [3.8, 4) is 11.5 Å². The molecular formula is C14H16FeO3Si. The summed E-state index contributed by atoms with van der Waals surface area (Å²) in [6, 6.07) is 0. The standard InChI is InChI=1S/C11H16Si.3CO.Fe/c1-12(2,3)10-9-11-7-5-4-6-8-11;3*1-2;/h4-5,7H,6,8H2,1-3H3;;;;. The van der Waals surface area contributed by atoms with Crippen LogP contribution < -0.4 is 0 Å². The van der Waals surface area contributed by atoms with Gasteiger partial charge in [0.15, 0.2) is 0 Å². The molecule has 0 saturated carbocycles. The zero-order valence-corrected chi connectivity index (χ0v) is 13.3. The van der Waals surface area contributed by atoms with Gasteiger partial charge in [-0.15, -0.1) is 5.54 Å². The van der Waals surface area contributed by atoms with Crippen molar-refractivity contribution in [1.29, 1.82) is 0 Å². The molecule has 3 nitrogen and oxygen atoms in total. The van der Waals surface area contributed by atoms with Gasteiger partial charge in [-0.3, -0.25) is 0 Å². The van der Waals surface area contributed by atoms with E-state index in [2.05, 4.69) is 69.3 Å². The van der Waals surface area contributed by atoms with E-state index in [4.69, 9.17) is 14.0 Å². The van der Waals surface area contributed by atoms with E-state index >= 15 is 0 Å². The summed E-state index contributed by atoms with van der Waals surface area (Å²) in [6.45, 7) is 20.3. The first-order valence-electron chi connectivity index (χ1n) is 5.08. The van der Waals surface area contributed by atoms with Crippen molar-refractivity contribution in [2.75, 3.05) is 0 Å². The fourth-order valence-corrected chi connectivity index (χ4v) is 1.51. The van der Waals surface area contributed by atoms with Gasteiger partial charge in [-0.2, -0.15) is 0 Å². The van der Waals surface area contributed by atoms with Crippen LogP contribution in [-0.4, -0.2) is 8.07 Å². The van der Waals surface area contributed by atoms with E-state index in [-0.39, 0.29) is 17.1 Å². The molecule has 0 bridgehead atoms. The molecule has 0 aliphatic heterocycles. The first kappa shape index (κ1) is 26.5. The number of rotatable bonds is 0. The first-order valence-corrected chi connectivity index (χ1v) is 8.58. The van der Waals surface area contributed by atoms with Gasteiger partial charge in [0, 0.05) is 22.6 Å². The molecule has 0 spiro atoms. The predicted molar refractivity (Wildman–Crippen MR) is 69.4 cm³/mol. The average Bonchev–Trinajstić information content (AvgIpc) is 2.44. The Labute approximate surface area is 127 Å². The monoisotopic (exact) mass is 316 g/mol. The van der Waals surface area contributed by atoms with E-state index in [9.17, 15) is 0 Å². The van der Waals surface area contributed by atoms with Gasteiger partial charge in [0.2, 0.25) is 0 Å². The maximum Gasteiger partial charge on any atom is 0 e. The molecule has 0 unspecified atom stereocenters. The van der Waals surface area contributed by atoms with Gasteiger partial charge in [-0.1, -0.05) is 43.8 Å². The maximum absolute atomic E-state index is 7.50. The van der Waals surface area contributed by atoms with Crippen LogP contribution in [0.3, 0.4) is 0 Å². The van der Waals surface area contributed by atoms with Crippen molar-refractivity contribution in [2.24, 2.45) is 0 Å². The summed E-state index contributed by atoms with van der Waals surface area (Å²) in [7, 11) is -1.17. The molecule has 0 atom stereocenters. The second-order valence-corrected chi connectivity index (χ2v) is 8.91. The summed E-state index contributed by atoms with van der Waals surface area (Å²) >= 11 is 0. The summed E-state index contributed by atoms with van der Waals surface area (Å²) in [5.41, 5.74) is 4.68. The quantitative estimate of drug-likeness (QED) is 0.285. The minimum absolute atomic E-state index is 0. The Hall–Kier alpha value is -1.00. The number of allylic oxidation sites excluding steroid dienone is 4. The Balaban J connectivity index is -0.000000142. The van der Waals surface area contributed by atoms with Crippen molar-refractivity contribution in [1.82, 2.24) is 0 Å². The van der Waals surface area contributed by atoms with Crippen LogP contribution in [0.2, 0.25) is 19.6 Å². The van der Waals surface area contributed by atoms with Gasteiger partial charge in [0.1, 0.15) is 8.07 Å². The molecule has 19 heavy (non-hydrogen) atoms. The van der Waals surface area contributed by atoms with Crippen LogP contribution in [0, 0.1) is 31.4 Å². The second kappa shape index (κ2) is 19.3. The molecule has 1 aliphatic rings. The SMILES string of the molecule is C[Si](C)(C)C#CC1=CC=CCC1.[C-]#[O+].[C-]#[O+].[C-]#[O+].[Fe]. The summed E-state index contributed by atoms with van der Waals surface area (Å²) < 4.78 is 22.5. The van der Waals surface area contributed by atoms with Gasteiger partial charge in [-0.05, 0) is 12.8 Å². The molecule has 0 aromatic heterocycles. The fourth-order valence-electron chi connectivity index (χ4n) is 0.975. The van der Waals surface area contributed by atoms with Crippen molar-refractivity contribution in [3.05, 3.63) is 43.8 Å². The van der Waals surface area contributed by atoms with Crippen LogP contribution >= 0.6 is 0 Å². The molecule has 0 aromatic carbocycles. The van der Waals surface area contributed by atoms with Crippen molar-refractivity contribution >= 4 is 8.07 Å². The van der Waals surface area contributed by atoms with Crippen molar-refractivity contribution in [2.45, 2.75) is 32.5 Å². The molecular weight excluding hydrogens is 300 g/mol. The minimum atomic E-state index is -1.17. The summed E-state index contributed by atoms with van der Waals surface area (Å²) in [5, 5.41) is 0. The van der Waals surface area contributed by atoms with E-state index in [1.807, 2.05) is 0 Å². The van der Waals surface area contributed by atoms with E-state index in [0.29, 0.717) is 0 Å². The van der Waals surface area contributed by atoms with Crippen molar-refractivity contribution in [3.63, 3.8) is 0 Å². The Morgan fingerprint density at radius 1 is 1.05 bits per heavy atom. The van der Waals surface area contributed by atoms with E-state index in [0.717, 1.165) is 12.8 Å². The normalized spacial score (nSPS) is 10.7. The zero-order valence-electron chi connectivity index (χ0n) is 11.2. The van der Waals surface area contributed by atoms with Crippen LogP contribution in [0.15, 0.2) is 23.8 Å². The Morgan fingerprint density at radius 2 is 1.53 bits per heavy atom. The van der Waals surface area contributed by atoms with Gasteiger partial charge < -0.3 is 0 Å². The average molecular weight is 316 g/mol. The molecule has 1 aliphatic carbocycles. The Bertz CT molecular complexity index is 373. The van der Waals surface area contributed by atoms with Gasteiger partial charge in [-0.25, -0.2) is 0 Å². The topological polar surface area (TPSA) is 59.7 Å². The van der Waals surface area contributed by atoms with Crippen LogP contribution in [0.1, 0.15) is 12.8 Å². The minimum Gasteiger partial charge on any atom is 0 e. The zero-order chi connectivity index (χ0) is 15.0. The molecule has 0 aromatic rings. The summed E-state index contributed by atoms with van der Waals surface area (Å²) in [6.07, 6.45) is 8.73. The Kier molecular flexibility index (Phi) is 27.0. The third kappa shape index (κ3) is 22.6. The van der Waals surface area contributed by atoms with E-state index in [1.165, 1.54) is 5.57 Å². The molecule has 1 rings (SSSR count). The first-order chi connectivity index (χ1) is 8.58. The molecule has 102 valence electrons. The van der Waals surface area contributed by atoms with E-state index < -0.39 is 8.07 Å². The van der Waals surface area contributed by atoms with E-state index in [1.54, 1.807) is 0 Å². The summed E-state index contributed by atoms with van der Waals surface area (Å²) in [5.74, 6) is 3.28. The molecule has 0 saturated heterocycles. The molecule has 0 fully saturated rings. The van der Waals surface area contributed by atoms with Gasteiger partial charge in [0.25, 0.3) is 0 Å². The smallest absolute Gasteiger partial charge is 0 e. The summed E-state index contributed by atoms with van der Waals surface area (Å²) in [4.78, 5) is 0. The molecule has 0 heterocycles. The fraction of sp³-hybridized carbons (Fsp3) is 0.357. The second-order valence-electron chi connectivity index (χ2n) is 4.16. The molecule has 5 heteroatoms. The maximum atomic E-state index is 7.50. The largest absolute Gasteiger partial charge is 0 e. The van der Waals surface area contributed by atoms with Crippen LogP contribution in [0.25, 0.3) is 0 Å². The van der Waals surface area contributed by atoms with Crippen molar-refractivity contribution < 1.29 is 31.0 Å². The number of hydrogen-bond acceptors (Lipinski definition) is 0. The van der Waals surface area contributed by atoms with Crippen LogP contribution in [0.5, 0.6) is 0 Å². The van der Waals surface area contributed by atoms with Gasteiger partial charge >= 0.3 is 33.9 Å². The van der Waals surface area contributed by atoms with Crippen LogP contribution in [0.4, 0.5) is 0 Å².